The average molecular weight is 502 g/mol. The van der Waals surface area contributed by atoms with Crippen molar-refractivity contribution in [1.82, 2.24) is 25.9 Å². The Morgan fingerprint density at radius 2 is 1.68 bits per heavy atom. The van der Waals surface area contributed by atoms with Gasteiger partial charge in [-0.15, -0.1) is 0 Å². The Bertz CT molecular complexity index is 837. The van der Waals surface area contributed by atoms with Crippen molar-refractivity contribution >= 4 is 41.4 Å². The van der Waals surface area contributed by atoms with Crippen LogP contribution in [-0.2, 0) is 30.4 Å². The Labute approximate surface area is 200 Å². The maximum atomic E-state index is 12.7. The Morgan fingerprint density at radius 1 is 1.06 bits per heavy atom. The van der Waals surface area contributed by atoms with Crippen molar-refractivity contribution in [3.8, 4) is 0 Å². The lowest BCUT2D eigenvalue weighted by Gasteiger charge is -2.24. The van der Waals surface area contributed by atoms with Gasteiger partial charge in [-0.25, -0.2) is 9.78 Å². The summed E-state index contributed by atoms with van der Waals surface area (Å²) in [4.78, 5) is 66.8. The predicted octanol–water partition coefficient (Wildman–Crippen LogP) is -3.17. The van der Waals surface area contributed by atoms with Crippen LogP contribution in [0.2, 0.25) is 0 Å². The molecule has 0 saturated carbocycles. The molecule has 1 aromatic rings. The number of nitrogens with two attached hydrogens (primary N) is 2. The molecule has 10 N–H and O–H groups in total. The Morgan fingerprint density at radius 3 is 2.21 bits per heavy atom. The van der Waals surface area contributed by atoms with Gasteiger partial charge < -0.3 is 42.6 Å². The van der Waals surface area contributed by atoms with Gasteiger partial charge in [-0.2, -0.15) is 11.8 Å². The second-order valence-electron chi connectivity index (χ2n) is 7.38. The van der Waals surface area contributed by atoms with Crippen LogP contribution in [0.15, 0.2) is 12.5 Å². The van der Waals surface area contributed by atoms with E-state index in [2.05, 4.69) is 25.9 Å². The number of carbonyl (C=O) groups is 5. The molecule has 4 amide bonds. The molecule has 190 valence electrons. The van der Waals surface area contributed by atoms with Crippen LogP contribution >= 0.6 is 11.8 Å². The number of carbonyl (C=O) groups excluding carboxylic acids is 4. The maximum absolute atomic E-state index is 12.7. The van der Waals surface area contributed by atoms with E-state index in [0.717, 1.165) is 0 Å². The normalized spacial score (nSPS) is 14.3. The number of carboxylic acids is 1. The molecule has 4 atom stereocenters. The number of primary amides is 1. The highest BCUT2D eigenvalue weighted by atomic mass is 32.2. The number of nitrogens with one attached hydrogen (secondary N) is 4. The number of aliphatic hydroxyl groups excluding tert-OH is 1. The molecule has 1 heterocycles. The third kappa shape index (κ3) is 10.2. The SMILES string of the molecule is CSCCC(N)C(=O)NC(CCC(N)=O)C(=O)NC(CO)C(=O)NC(Cc1cnc[nH]1)C(=O)O. The number of hydrogen-bond donors (Lipinski definition) is 8. The second kappa shape index (κ2) is 14.9. The van der Waals surface area contributed by atoms with Gasteiger partial charge in [0.15, 0.2) is 0 Å². The highest BCUT2D eigenvalue weighted by Crippen LogP contribution is 2.04. The van der Waals surface area contributed by atoms with Crippen molar-refractivity contribution in [3.63, 3.8) is 0 Å². The van der Waals surface area contributed by atoms with Gasteiger partial charge in [-0.1, -0.05) is 0 Å². The number of rotatable bonds is 16. The molecule has 0 aliphatic carbocycles. The maximum Gasteiger partial charge on any atom is 0.326 e. The first-order valence-corrected chi connectivity index (χ1v) is 11.7. The van der Waals surface area contributed by atoms with Crippen molar-refractivity contribution in [2.24, 2.45) is 11.5 Å². The molecule has 34 heavy (non-hydrogen) atoms. The minimum Gasteiger partial charge on any atom is -0.480 e. The number of carboxylic acid groups (broad SMARTS) is 1. The minimum atomic E-state index is -1.52. The Hall–Kier alpha value is -3.17. The van der Waals surface area contributed by atoms with Gasteiger partial charge >= 0.3 is 5.97 Å². The molecule has 0 radical (unpaired) electrons. The summed E-state index contributed by atoms with van der Waals surface area (Å²) in [5, 5.41) is 25.9. The molecule has 15 heteroatoms. The Kier molecular flexibility index (Phi) is 12.6. The van der Waals surface area contributed by atoms with E-state index >= 15 is 0 Å². The van der Waals surface area contributed by atoms with Gasteiger partial charge in [0.05, 0.1) is 19.0 Å². The van der Waals surface area contributed by atoms with Crippen LogP contribution in [0.1, 0.15) is 25.0 Å². The first-order chi connectivity index (χ1) is 16.1. The summed E-state index contributed by atoms with van der Waals surface area (Å²) >= 11 is 1.49. The molecule has 0 fully saturated rings. The number of aromatic nitrogens is 2. The van der Waals surface area contributed by atoms with Gasteiger partial charge in [-0.05, 0) is 24.9 Å². The second-order valence-corrected chi connectivity index (χ2v) is 8.36. The zero-order valence-corrected chi connectivity index (χ0v) is 19.5. The van der Waals surface area contributed by atoms with Crippen LogP contribution in [0.3, 0.4) is 0 Å². The third-order valence-electron chi connectivity index (χ3n) is 4.69. The van der Waals surface area contributed by atoms with Gasteiger partial charge in [-0.3, -0.25) is 19.2 Å². The molecule has 0 aromatic carbocycles. The van der Waals surface area contributed by atoms with Crippen molar-refractivity contribution in [2.75, 3.05) is 18.6 Å². The molecule has 0 bridgehead atoms. The summed E-state index contributed by atoms with van der Waals surface area (Å²) < 4.78 is 0. The number of hydrogen-bond acceptors (Lipinski definition) is 9. The number of aliphatic hydroxyl groups is 1. The summed E-state index contributed by atoms with van der Waals surface area (Å²) in [5.74, 6) is -3.90. The van der Waals surface area contributed by atoms with Crippen LogP contribution in [0, 0.1) is 0 Å². The molecular formula is C19H31N7O7S. The van der Waals surface area contributed by atoms with Crippen LogP contribution < -0.4 is 27.4 Å². The van der Waals surface area contributed by atoms with Crippen molar-refractivity contribution in [1.29, 1.82) is 0 Å². The van der Waals surface area contributed by atoms with Gasteiger partial charge in [0.25, 0.3) is 0 Å². The largest absolute Gasteiger partial charge is 0.480 e. The van der Waals surface area contributed by atoms with Gasteiger partial charge in [0.1, 0.15) is 18.1 Å². The fraction of sp³-hybridized carbons (Fsp3) is 0.579. The molecule has 1 aromatic heterocycles. The molecule has 0 aliphatic rings. The predicted molar refractivity (Wildman–Crippen MR) is 122 cm³/mol. The zero-order chi connectivity index (χ0) is 25.7. The molecule has 1 rings (SSSR count). The van der Waals surface area contributed by atoms with E-state index in [-0.39, 0.29) is 19.3 Å². The Balaban J connectivity index is 2.84. The van der Waals surface area contributed by atoms with Crippen molar-refractivity contribution in [3.05, 3.63) is 18.2 Å². The van der Waals surface area contributed by atoms with E-state index in [1.54, 1.807) is 0 Å². The smallest absolute Gasteiger partial charge is 0.326 e. The van der Waals surface area contributed by atoms with E-state index in [1.165, 1.54) is 24.3 Å². The van der Waals surface area contributed by atoms with Crippen LogP contribution in [0.25, 0.3) is 0 Å². The number of amides is 4. The lowest BCUT2D eigenvalue weighted by atomic mass is 10.1. The lowest BCUT2D eigenvalue weighted by Crippen LogP contribution is -2.58. The fourth-order valence-electron chi connectivity index (χ4n) is 2.77. The highest BCUT2D eigenvalue weighted by Gasteiger charge is 2.30. The molecule has 0 saturated heterocycles. The van der Waals surface area contributed by atoms with E-state index in [9.17, 15) is 34.2 Å². The molecule has 0 spiro atoms. The highest BCUT2D eigenvalue weighted by molar-refractivity contribution is 7.98. The molecular weight excluding hydrogens is 470 g/mol. The quantitative estimate of drug-likeness (QED) is 0.113. The topological polar surface area (TPSA) is 243 Å². The molecule has 0 aliphatic heterocycles. The lowest BCUT2D eigenvalue weighted by molar-refractivity contribution is -0.142. The number of thioether (sulfide) groups is 1. The van der Waals surface area contributed by atoms with Crippen LogP contribution in [-0.4, -0.2) is 92.6 Å². The summed E-state index contributed by atoms with van der Waals surface area (Å²) in [5.41, 5.74) is 11.4. The number of aliphatic carboxylic acids is 1. The van der Waals surface area contributed by atoms with Gasteiger partial charge in [0, 0.05) is 24.7 Å². The average Bonchev–Trinajstić information content (AvgIpc) is 3.30. The molecule has 4 unspecified atom stereocenters. The van der Waals surface area contributed by atoms with E-state index in [0.29, 0.717) is 17.9 Å². The van der Waals surface area contributed by atoms with Gasteiger partial charge in [0.2, 0.25) is 23.6 Å². The summed E-state index contributed by atoms with van der Waals surface area (Å²) in [7, 11) is 0. The minimum absolute atomic E-state index is 0.113. The summed E-state index contributed by atoms with van der Waals surface area (Å²) in [6.07, 6.45) is 4.42. The number of H-pyrrole nitrogens is 1. The van der Waals surface area contributed by atoms with Crippen molar-refractivity contribution in [2.45, 2.75) is 49.9 Å². The van der Waals surface area contributed by atoms with Crippen molar-refractivity contribution < 1.29 is 34.2 Å². The van der Waals surface area contributed by atoms with Crippen LogP contribution in [0.5, 0.6) is 0 Å². The van der Waals surface area contributed by atoms with E-state index in [4.69, 9.17) is 11.5 Å². The fourth-order valence-corrected chi connectivity index (χ4v) is 3.25. The number of imidazole rings is 1. The number of aromatic amines is 1. The molecule has 14 nitrogen and oxygen atoms in total. The summed E-state index contributed by atoms with van der Waals surface area (Å²) in [6.45, 7) is -0.850. The van der Waals surface area contributed by atoms with Crippen LogP contribution in [0.4, 0.5) is 0 Å². The van der Waals surface area contributed by atoms with E-state index in [1.807, 2.05) is 6.26 Å². The number of nitrogens with zero attached hydrogens (tertiary/aromatic N) is 1. The standard InChI is InChI=1S/C19H31N7O7S/c1-34-5-4-11(20)16(29)24-12(2-3-15(21)28)17(30)26-14(8-27)18(31)25-13(19(32)33)6-10-7-22-9-23-10/h7,9,11-14,27H,2-6,8,20H2,1H3,(H2,21,28)(H,22,23)(H,24,29)(H,25,31)(H,26,30)(H,32,33). The summed E-state index contributed by atoms with van der Waals surface area (Å²) in [6, 6.07) is -5.04. The zero-order valence-electron chi connectivity index (χ0n) is 18.7. The monoisotopic (exact) mass is 501 g/mol. The third-order valence-corrected chi connectivity index (χ3v) is 5.34. The first kappa shape index (κ1) is 28.9. The first-order valence-electron chi connectivity index (χ1n) is 10.3. The van der Waals surface area contributed by atoms with E-state index < -0.39 is 60.4 Å².